The third kappa shape index (κ3) is 1.89. The molecule has 0 amide bonds. The van der Waals surface area contributed by atoms with Crippen LogP contribution in [0.2, 0.25) is 0 Å². The summed E-state index contributed by atoms with van der Waals surface area (Å²) in [5, 5.41) is 2.72. The van der Waals surface area contributed by atoms with Crippen molar-refractivity contribution >= 4 is 27.5 Å². The van der Waals surface area contributed by atoms with Gasteiger partial charge in [-0.05, 0) is 38.5 Å². The predicted molar refractivity (Wildman–Crippen MR) is 98.7 cm³/mol. The molecule has 0 aliphatic carbocycles. The monoisotopic (exact) mass is 305 g/mol. The van der Waals surface area contributed by atoms with E-state index in [0.717, 1.165) is 6.54 Å². The molecule has 0 fully saturated rings. The van der Waals surface area contributed by atoms with E-state index in [-0.39, 0.29) is 0 Å². The molecule has 0 bridgehead atoms. The van der Waals surface area contributed by atoms with E-state index in [1.807, 2.05) is 0 Å². The highest BCUT2D eigenvalue weighted by Gasteiger charge is 2.25. The second-order valence-corrected chi connectivity index (χ2v) is 6.39. The van der Waals surface area contributed by atoms with Gasteiger partial charge in [0.15, 0.2) is 0 Å². The lowest BCUT2D eigenvalue weighted by molar-refractivity contribution is 0.383. The molecule has 1 aromatic heterocycles. The van der Waals surface area contributed by atoms with Crippen molar-refractivity contribution in [3.05, 3.63) is 54.4 Å². The average Bonchev–Trinajstić information content (AvgIpc) is 3.06. The van der Waals surface area contributed by atoms with Gasteiger partial charge in [-0.2, -0.15) is 0 Å². The molecule has 1 aliphatic rings. The van der Waals surface area contributed by atoms with Crippen LogP contribution in [0.1, 0.15) is 19.4 Å². The van der Waals surface area contributed by atoms with Gasteiger partial charge in [-0.1, -0.05) is 24.3 Å². The van der Waals surface area contributed by atoms with E-state index in [0.29, 0.717) is 6.17 Å². The minimum Gasteiger partial charge on any atom is -0.359 e. The van der Waals surface area contributed by atoms with Gasteiger partial charge in [-0.3, -0.25) is 0 Å². The average molecular weight is 305 g/mol. The van der Waals surface area contributed by atoms with Crippen molar-refractivity contribution in [3.8, 4) is 0 Å². The van der Waals surface area contributed by atoms with Crippen LogP contribution in [0, 0.1) is 6.92 Å². The maximum Gasteiger partial charge on any atom is 0.102 e. The quantitative estimate of drug-likeness (QED) is 0.680. The number of para-hydroxylation sites is 1. The Bertz CT molecular complexity index is 919. The number of nitrogens with zero attached hydrogens (tertiary/aromatic N) is 3. The highest BCUT2D eigenvalue weighted by atomic mass is 15.4. The molecule has 0 spiro atoms. The van der Waals surface area contributed by atoms with Gasteiger partial charge >= 0.3 is 0 Å². The normalized spacial score (nSPS) is 17.8. The molecular formula is C20H23N3. The van der Waals surface area contributed by atoms with E-state index in [1.165, 1.54) is 33.1 Å². The van der Waals surface area contributed by atoms with E-state index in [1.54, 1.807) is 0 Å². The maximum absolute atomic E-state index is 2.42. The number of aryl methyl sites for hydroxylation is 2. The number of aromatic nitrogens is 1. The molecular weight excluding hydrogens is 282 g/mol. The first-order chi connectivity index (χ1) is 11.1. The minimum atomic E-state index is 0.336. The number of hydrogen-bond donors (Lipinski definition) is 0. The second kappa shape index (κ2) is 5.05. The minimum absolute atomic E-state index is 0.336. The highest BCUT2D eigenvalue weighted by molar-refractivity contribution is 6.15. The third-order valence-corrected chi connectivity index (χ3v) is 5.14. The van der Waals surface area contributed by atoms with E-state index in [4.69, 9.17) is 0 Å². The number of rotatable bonds is 2. The van der Waals surface area contributed by atoms with Crippen molar-refractivity contribution in [1.82, 2.24) is 9.47 Å². The van der Waals surface area contributed by atoms with Crippen LogP contribution < -0.4 is 4.90 Å². The van der Waals surface area contributed by atoms with Gasteiger partial charge in [0.05, 0.1) is 11.2 Å². The Morgan fingerprint density at radius 3 is 2.48 bits per heavy atom. The van der Waals surface area contributed by atoms with Crippen LogP contribution in [-0.4, -0.2) is 22.7 Å². The molecule has 0 N–H and O–H groups in total. The molecule has 0 saturated heterocycles. The van der Waals surface area contributed by atoms with Crippen molar-refractivity contribution < 1.29 is 0 Å². The van der Waals surface area contributed by atoms with E-state index >= 15 is 0 Å². The van der Waals surface area contributed by atoms with Crippen molar-refractivity contribution in [2.24, 2.45) is 0 Å². The van der Waals surface area contributed by atoms with Crippen LogP contribution in [-0.2, 0) is 6.54 Å². The second-order valence-electron chi connectivity index (χ2n) is 6.39. The van der Waals surface area contributed by atoms with Gasteiger partial charge in [-0.15, -0.1) is 0 Å². The first kappa shape index (κ1) is 14.2. The van der Waals surface area contributed by atoms with Gasteiger partial charge in [0.2, 0.25) is 0 Å². The van der Waals surface area contributed by atoms with Gasteiger partial charge in [0, 0.05) is 42.3 Å². The van der Waals surface area contributed by atoms with Crippen molar-refractivity contribution in [2.45, 2.75) is 33.5 Å². The molecule has 3 aromatic rings. The fourth-order valence-electron chi connectivity index (χ4n) is 3.78. The Hall–Kier alpha value is -2.42. The molecule has 3 nitrogen and oxygen atoms in total. The lowest BCUT2D eigenvalue weighted by Crippen LogP contribution is -2.33. The number of hydrogen-bond acceptors (Lipinski definition) is 2. The Balaban J connectivity index is 2.12. The summed E-state index contributed by atoms with van der Waals surface area (Å²) in [6.07, 6.45) is 4.69. The Labute approximate surface area is 137 Å². The SMILES string of the molecule is CCn1c2ccccc2c2c(N3C=CN(C)[C@@H]3C)c(C)ccc21. The zero-order chi connectivity index (χ0) is 16.1. The van der Waals surface area contributed by atoms with Gasteiger partial charge in [-0.25, -0.2) is 0 Å². The topological polar surface area (TPSA) is 11.4 Å². The van der Waals surface area contributed by atoms with Crippen LogP contribution in [0.3, 0.4) is 0 Å². The molecule has 118 valence electrons. The van der Waals surface area contributed by atoms with Crippen LogP contribution in [0.5, 0.6) is 0 Å². The van der Waals surface area contributed by atoms with Crippen LogP contribution in [0.4, 0.5) is 5.69 Å². The lowest BCUT2D eigenvalue weighted by Gasteiger charge is -2.29. The fraction of sp³-hybridized carbons (Fsp3) is 0.300. The summed E-state index contributed by atoms with van der Waals surface area (Å²) >= 11 is 0. The summed E-state index contributed by atoms with van der Waals surface area (Å²) < 4.78 is 2.42. The smallest absolute Gasteiger partial charge is 0.102 e. The van der Waals surface area contributed by atoms with E-state index < -0.39 is 0 Å². The maximum atomic E-state index is 2.42. The Kier molecular flexibility index (Phi) is 3.12. The standard InChI is InChI=1S/C20H23N3/c1-5-22-17-9-7-6-8-16(17)19-18(22)11-10-14(2)20(19)23-13-12-21(4)15(23)3/h6-13,15H,5H2,1-4H3/t15-/m0/s1. The van der Waals surface area contributed by atoms with Crippen LogP contribution >= 0.6 is 0 Å². The predicted octanol–water partition coefficient (Wildman–Crippen LogP) is 4.69. The zero-order valence-corrected chi connectivity index (χ0v) is 14.2. The molecule has 0 saturated carbocycles. The summed E-state index contributed by atoms with van der Waals surface area (Å²) in [4.78, 5) is 4.64. The van der Waals surface area contributed by atoms with E-state index in [9.17, 15) is 0 Å². The van der Waals surface area contributed by atoms with Crippen LogP contribution in [0.25, 0.3) is 21.8 Å². The molecule has 0 unspecified atom stereocenters. The largest absolute Gasteiger partial charge is 0.359 e. The van der Waals surface area contributed by atoms with Crippen molar-refractivity contribution in [1.29, 1.82) is 0 Å². The molecule has 4 rings (SSSR count). The number of benzene rings is 2. The lowest BCUT2D eigenvalue weighted by atomic mass is 10.1. The summed E-state index contributed by atoms with van der Waals surface area (Å²) in [6.45, 7) is 7.67. The molecule has 0 radical (unpaired) electrons. The molecule has 1 atom stereocenters. The van der Waals surface area contributed by atoms with Gasteiger partial charge < -0.3 is 14.4 Å². The number of fused-ring (bicyclic) bond motifs is 3. The highest BCUT2D eigenvalue weighted by Crippen LogP contribution is 2.40. The van der Waals surface area contributed by atoms with E-state index in [2.05, 4.69) is 91.0 Å². The molecule has 1 aliphatic heterocycles. The first-order valence-electron chi connectivity index (χ1n) is 8.32. The zero-order valence-electron chi connectivity index (χ0n) is 14.2. The summed E-state index contributed by atoms with van der Waals surface area (Å²) in [5.74, 6) is 0. The first-order valence-corrected chi connectivity index (χ1v) is 8.32. The van der Waals surface area contributed by atoms with Crippen molar-refractivity contribution in [3.63, 3.8) is 0 Å². The molecule has 2 aromatic carbocycles. The number of anilines is 1. The van der Waals surface area contributed by atoms with Crippen molar-refractivity contribution in [2.75, 3.05) is 11.9 Å². The Morgan fingerprint density at radius 1 is 1.00 bits per heavy atom. The fourth-order valence-corrected chi connectivity index (χ4v) is 3.78. The molecule has 2 heterocycles. The van der Waals surface area contributed by atoms with Gasteiger partial charge in [0.1, 0.15) is 6.17 Å². The Morgan fingerprint density at radius 2 is 1.78 bits per heavy atom. The summed E-state index contributed by atoms with van der Waals surface area (Å²) in [6, 6.07) is 13.3. The van der Waals surface area contributed by atoms with Gasteiger partial charge in [0.25, 0.3) is 0 Å². The summed E-state index contributed by atoms with van der Waals surface area (Å²) in [7, 11) is 2.13. The third-order valence-electron chi connectivity index (χ3n) is 5.14. The summed E-state index contributed by atoms with van der Waals surface area (Å²) in [5.41, 5.74) is 5.30. The molecule has 23 heavy (non-hydrogen) atoms. The van der Waals surface area contributed by atoms with Crippen LogP contribution in [0.15, 0.2) is 48.8 Å². The molecule has 3 heteroatoms.